The molecule has 20 heavy (non-hydrogen) atoms. The van der Waals surface area contributed by atoms with Crippen molar-refractivity contribution < 1.29 is 9.13 Å². The second kappa shape index (κ2) is 8.35. The first-order valence-corrected chi connectivity index (χ1v) is 7.58. The summed E-state index contributed by atoms with van der Waals surface area (Å²) < 4.78 is 18.8. The Balaban J connectivity index is 1.91. The van der Waals surface area contributed by atoms with Gasteiger partial charge < -0.3 is 15.0 Å². The van der Waals surface area contributed by atoms with E-state index < -0.39 is 0 Å². The molecule has 1 saturated heterocycles. The van der Waals surface area contributed by atoms with E-state index in [0.717, 1.165) is 57.8 Å². The SMILES string of the molecule is CCNC(CCN1CCCOCC1)c1cccc(F)c1. The number of halogens is 1. The Hall–Kier alpha value is -0.970. The summed E-state index contributed by atoms with van der Waals surface area (Å²) in [6.07, 6.45) is 2.10. The van der Waals surface area contributed by atoms with Crippen molar-refractivity contribution in [2.75, 3.05) is 39.4 Å². The van der Waals surface area contributed by atoms with Crippen LogP contribution < -0.4 is 5.32 Å². The van der Waals surface area contributed by atoms with E-state index in [4.69, 9.17) is 4.74 Å². The van der Waals surface area contributed by atoms with Crippen molar-refractivity contribution in [2.45, 2.75) is 25.8 Å². The molecule has 0 saturated carbocycles. The predicted octanol–water partition coefficient (Wildman–Crippen LogP) is 2.59. The molecule has 0 aliphatic carbocycles. The van der Waals surface area contributed by atoms with Gasteiger partial charge in [-0.25, -0.2) is 4.39 Å². The normalized spacial score (nSPS) is 18.7. The zero-order valence-corrected chi connectivity index (χ0v) is 12.3. The third kappa shape index (κ3) is 4.85. The number of rotatable bonds is 6. The molecule has 0 radical (unpaired) electrons. The first kappa shape index (κ1) is 15.4. The maximum absolute atomic E-state index is 13.4. The number of hydrogen-bond donors (Lipinski definition) is 1. The summed E-state index contributed by atoms with van der Waals surface area (Å²) in [6.45, 7) is 7.81. The molecular formula is C16H25FN2O. The highest BCUT2D eigenvalue weighted by molar-refractivity contribution is 5.20. The fraction of sp³-hybridized carbons (Fsp3) is 0.625. The third-order valence-corrected chi connectivity index (χ3v) is 3.75. The molecule has 0 amide bonds. The molecule has 1 atom stereocenters. The van der Waals surface area contributed by atoms with E-state index in [1.54, 1.807) is 12.1 Å². The van der Waals surface area contributed by atoms with E-state index in [9.17, 15) is 4.39 Å². The molecule has 0 bridgehead atoms. The number of ether oxygens (including phenoxy) is 1. The van der Waals surface area contributed by atoms with Crippen LogP contribution in [0.2, 0.25) is 0 Å². The molecule has 1 fully saturated rings. The van der Waals surface area contributed by atoms with Crippen LogP contribution in [0.25, 0.3) is 0 Å². The highest BCUT2D eigenvalue weighted by Gasteiger charge is 2.14. The first-order valence-electron chi connectivity index (χ1n) is 7.58. The van der Waals surface area contributed by atoms with E-state index in [-0.39, 0.29) is 11.9 Å². The van der Waals surface area contributed by atoms with Crippen LogP contribution in [0, 0.1) is 5.82 Å². The molecule has 0 spiro atoms. The van der Waals surface area contributed by atoms with Crippen LogP contribution in [0.1, 0.15) is 31.4 Å². The highest BCUT2D eigenvalue weighted by atomic mass is 19.1. The van der Waals surface area contributed by atoms with Crippen molar-refractivity contribution >= 4 is 0 Å². The van der Waals surface area contributed by atoms with Crippen molar-refractivity contribution in [1.29, 1.82) is 0 Å². The van der Waals surface area contributed by atoms with E-state index in [1.807, 2.05) is 6.07 Å². The van der Waals surface area contributed by atoms with Crippen LogP contribution >= 0.6 is 0 Å². The Labute approximate surface area is 121 Å². The monoisotopic (exact) mass is 280 g/mol. The topological polar surface area (TPSA) is 24.5 Å². The minimum Gasteiger partial charge on any atom is -0.380 e. The summed E-state index contributed by atoms with van der Waals surface area (Å²) in [7, 11) is 0. The molecule has 2 rings (SSSR count). The van der Waals surface area contributed by atoms with E-state index >= 15 is 0 Å². The van der Waals surface area contributed by atoms with Crippen LogP contribution in [-0.2, 0) is 4.74 Å². The lowest BCUT2D eigenvalue weighted by molar-refractivity contribution is 0.140. The Bertz CT molecular complexity index is 392. The molecule has 0 aromatic heterocycles. The molecule has 1 N–H and O–H groups in total. The smallest absolute Gasteiger partial charge is 0.123 e. The van der Waals surface area contributed by atoms with Gasteiger partial charge in [0.2, 0.25) is 0 Å². The quantitative estimate of drug-likeness (QED) is 0.867. The summed E-state index contributed by atoms with van der Waals surface area (Å²) in [5.41, 5.74) is 1.04. The molecule has 1 aromatic carbocycles. The van der Waals surface area contributed by atoms with Crippen molar-refractivity contribution in [1.82, 2.24) is 10.2 Å². The number of nitrogens with zero attached hydrogens (tertiary/aromatic N) is 1. The van der Waals surface area contributed by atoms with Gasteiger partial charge in [-0.2, -0.15) is 0 Å². The van der Waals surface area contributed by atoms with Crippen molar-refractivity contribution in [2.24, 2.45) is 0 Å². The molecule has 1 aliphatic heterocycles. The van der Waals surface area contributed by atoms with Crippen LogP contribution in [0.15, 0.2) is 24.3 Å². The van der Waals surface area contributed by atoms with Crippen LogP contribution in [0.4, 0.5) is 4.39 Å². The first-order chi connectivity index (χ1) is 9.79. The van der Waals surface area contributed by atoms with Gasteiger partial charge in [-0.05, 0) is 37.1 Å². The lowest BCUT2D eigenvalue weighted by Gasteiger charge is -2.24. The molecule has 1 heterocycles. The van der Waals surface area contributed by atoms with Crippen molar-refractivity contribution in [3.8, 4) is 0 Å². The average Bonchev–Trinajstić information content (AvgIpc) is 2.72. The van der Waals surface area contributed by atoms with Gasteiger partial charge >= 0.3 is 0 Å². The van der Waals surface area contributed by atoms with Gasteiger partial charge in [0.25, 0.3) is 0 Å². The van der Waals surface area contributed by atoms with Crippen LogP contribution in [0.3, 0.4) is 0 Å². The summed E-state index contributed by atoms with van der Waals surface area (Å²) in [4.78, 5) is 2.44. The lowest BCUT2D eigenvalue weighted by atomic mass is 10.0. The molecule has 112 valence electrons. The maximum atomic E-state index is 13.4. The zero-order valence-electron chi connectivity index (χ0n) is 12.3. The summed E-state index contributed by atoms with van der Waals surface area (Å²) in [5.74, 6) is -0.159. The minimum absolute atomic E-state index is 0.159. The van der Waals surface area contributed by atoms with Gasteiger partial charge in [-0.3, -0.25) is 0 Å². The molecular weight excluding hydrogens is 255 g/mol. The largest absolute Gasteiger partial charge is 0.380 e. The van der Waals surface area contributed by atoms with Gasteiger partial charge in [0.05, 0.1) is 6.61 Å². The van der Waals surface area contributed by atoms with Gasteiger partial charge in [0.1, 0.15) is 5.82 Å². The number of nitrogens with one attached hydrogen (secondary N) is 1. The van der Waals surface area contributed by atoms with E-state index in [1.165, 1.54) is 6.07 Å². The highest BCUT2D eigenvalue weighted by Crippen LogP contribution is 2.18. The Morgan fingerprint density at radius 2 is 2.25 bits per heavy atom. The van der Waals surface area contributed by atoms with Gasteiger partial charge in [-0.1, -0.05) is 19.1 Å². The molecule has 4 heteroatoms. The average molecular weight is 280 g/mol. The minimum atomic E-state index is -0.159. The standard InChI is InChI=1S/C16H25FN2O/c1-2-18-16(14-5-3-6-15(17)13-14)7-9-19-8-4-11-20-12-10-19/h3,5-6,13,16,18H,2,4,7-12H2,1H3. The second-order valence-electron chi connectivity index (χ2n) is 5.26. The van der Waals surface area contributed by atoms with E-state index in [0.29, 0.717) is 0 Å². The van der Waals surface area contributed by atoms with Gasteiger partial charge in [0, 0.05) is 32.3 Å². The molecule has 3 nitrogen and oxygen atoms in total. The Morgan fingerprint density at radius 1 is 1.35 bits per heavy atom. The van der Waals surface area contributed by atoms with Crippen LogP contribution in [-0.4, -0.2) is 44.3 Å². The van der Waals surface area contributed by atoms with E-state index in [2.05, 4.69) is 17.1 Å². The molecule has 1 aromatic rings. The molecule has 1 aliphatic rings. The summed E-state index contributed by atoms with van der Waals surface area (Å²) in [6, 6.07) is 7.15. The third-order valence-electron chi connectivity index (χ3n) is 3.75. The fourth-order valence-corrected chi connectivity index (χ4v) is 2.69. The van der Waals surface area contributed by atoms with Gasteiger partial charge in [-0.15, -0.1) is 0 Å². The second-order valence-corrected chi connectivity index (χ2v) is 5.26. The molecule has 1 unspecified atom stereocenters. The number of hydrogen-bond acceptors (Lipinski definition) is 3. The van der Waals surface area contributed by atoms with Crippen LogP contribution in [0.5, 0.6) is 0 Å². The maximum Gasteiger partial charge on any atom is 0.123 e. The van der Waals surface area contributed by atoms with Crippen molar-refractivity contribution in [3.63, 3.8) is 0 Å². The zero-order chi connectivity index (χ0) is 14.2. The number of benzene rings is 1. The van der Waals surface area contributed by atoms with Crippen molar-refractivity contribution in [3.05, 3.63) is 35.6 Å². The summed E-state index contributed by atoms with van der Waals surface area (Å²) >= 11 is 0. The summed E-state index contributed by atoms with van der Waals surface area (Å²) in [5, 5.41) is 3.46. The predicted molar refractivity (Wildman–Crippen MR) is 79.3 cm³/mol. The Kier molecular flexibility index (Phi) is 6.43. The Morgan fingerprint density at radius 3 is 3.05 bits per heavy atom. The lowest BCUT2D eigenvalue weighted by Crippen LogP contribution is -2.31. The fourth-order valence-electron chi connectivity index (χ4n) is 2.69. The van der Waals surface area contributed by atoms with Gasteiger partial charge in [0.15, 0.2) is 0 Å².